The minimum Gasteiger partial charge on any atom is -0.279 e. The average molecular weight is 157 g/mol. The predicted octanol–water partition coefficient (Wildman–Crippen LogP) is 2.56. The van der Waals surface area contributed by atoms with Crippen LogP contribution in [0.5, 0.6) is 0 Å². The zero-order valence-corrected chi connectivity index (χ0v) is 7.90. The summed E-state index contributed by atoms with van der Waals surface area (Å²) in [7, 11) is 0. The molecular formula is C8H15NS. The molecule has 0 bridgehead atoms. The van der Waals surface area contributed by atoms with Crippen LogP contribution in [0.25, 0.3) is 0 Å². The monoisotopic (exact) mass is 157 g/mol. The van der Waals surface area contributed by atoms with Crippen molar-refractivity contribution in [2.75, 3.05) is 0 Å². The Balaban J connectivity index is 2.56. The number of hydrogen-bond donors (Lipinski definition) is 0. The van der Waals surface area contributed by atoms with Crippen LogP contribution in [0.4, 0.5) is 0 Å². The van der Waals surface area contributed by atoms with Crippen molar-refractivity contribution in [3.8, 4) is 0 Å². The smallest absolute Gasteiger partial charge is 0.0980 e. The lowest BCUT2D eigenvalue weighted by molar-refractivity contribution is 0.630. The molecule has 58 valence electrons. The Labute approximate surface area is 67.3 Å². The van der Waals surface area contributed by atoms with Gasteiger partial charge in [0.25, 0.3) is 0 Å². The third-order valence-corrected chi connectivity index (χ3v) is 3.51. The third kappa shape index (κ3) is 1.54. The molecule has 0 unspecified atom stereocenters. The molecule has 0 aromatic carbocycles. The van der Waals surface area contributed by atoms with E-state index in [2.05, 4.69) is 32.7 Å². The molecule has 2 heteroatoms. The molecule has 0 saturated carbocycles. The molecule has 0 radical (unpaired) electrons. The van der Waals surface area contributed by atoms with Crippen molar-refractivity contribution in [1.29, 1.82) is 0 Å². The molecule has 0 fully saturated rings. The minimum atomic E-state index is 0.523. The van der Waals surface area contributed by atoms with E-state index < -0.39 is 0 Å². The van der Waals surface area contributed by atoms with Crippen LogP contribution in [-0.4, -0.2) is 16.3 Å². The summed E-state index contributed by atoms with van der Waals surface area (Å²) in [6, 6.07) is 0. The fourth-order valence-corrected chi connectivity index (χ4v) is 2.17. The van der Waals surface area contributed by atoms with Crippen molar-refractivity contribution in [3.63, 3.8) is 0 Å². The molecule has 0 aromatic rings. The molecule has 0 amide bonds. The summed E-state index contributed by atoms with van der Waals surface area (Å²) in [6.07, 6.45) is 0. The van der Waals surface area contributed by atoms with Crippen molar-refractivity contribution in [1.82, 2.24) is 0 Å². The molecule has 0 saturated heterocycles. The zero-order chi connectivity index (χ0) is 7.72. The van der Waals surface area contributed by atoms with E-state index in [1.807, 2.05) is 11.8 Å². The molecule has 1 aliphatic heterocycles. The lowest BCUT2D eigenvalue weighted by atomic mass is 10.2. The Morgan fingerprint density at radius 2 is 2.10 bits per heavy atom. The van der Waals surface area contributed by atoms with E-state index in [9.17, 15) is 0 Å². The Morgan fingerprint density at radius 1 is 1.50 bits per heavy atom. The summed E-state index contributed by atoms with van der Waals surface area (Å²) in [5, 5.41) is 1.17. The van der Waals surface area contributed by atoms with Gasteiger partial charge in [-0.1, -0.05) is 13.8 Å². The first-order valence-electron chi connectivity index (χ1n) is 3.81. The van der Waals surface area contributed by atoms with Crippen molar-refractivity contribution >= 4 is 17.5 Å². The van der Waals surface area contributed by atoms with E-state index in [4.69, 9.17) is 0 Å². The van der Waals surface area contributed by atoms with Gasteiger partial charge in [0.1, 0.15) is 0 Å². The zero-order valence-electron chi connectivity index (χ0n) is 7.09. The molecule has 0 aromatic heterocycles. The highest BCUT2D eigenvalue weighted by Gasteiger charge is 2.24. The van der Waals surface area contributed by atoms with Gasteiger partial charge in [-0.05, 0) is 19.8 Å². The van der Waals surface area contributed by atoms with Crippen LogP contribution in [0.3, 0.4) is 0 Å². The maximum absolute atomic E-state index is 4.55. The highest BCUT2D eigenvalue weighted by Crippen LogP contribution is 2.31. The molecule has 1 nitrogen and oxygen atoms in total. The van der Waals surface area contributed by atoms with E-state index in [0.717, 1.165) is 0 Å². The van der Waals surface area contributed by atoms with Gasteiger partial charge < -0.3 is 0 Å². The van der Waals surface area contributed by atoms with Gasteiger partial charge in [0.2, 0.25) is 0 Å². The van der Waals surface area contributed by atoms with Gasteiger partial charge in [-0.15, -0.1) is 11.8 Å². The van der Waals surface area contributed by atoms with Crippen LogP contribution < -0.4 is 0 Å². The second-order valence-corrected chi connectivity index (χ2v) is 4.65. The van der Waals surface area contributed by atoms with Gasteiger partial charge in [0.05, 0.1) is 5.37 Å². The first-order chi connectivity index (χ1) is 4.61. The summed E-state index contributed by atoms with van der Waals surface area (Å²) in [5.74, 6) is 0.685. The number of hydrogen-bond acceptors (Lipinski definition) is 2. The number of nitrogens with zero attached hydrogens (tertiary/aromatic N) is 1. The first-order valence-corrected chi connectivity index (χ1v) is 4.75. The fraction of sp³-hybridized carbons (Fsp3) is 0.875. The van der Waals surface area contributed by atoms with Crippen molar-refractivity contribution < 1.29 is 0 Å². The highest BCUT2D eigenvalue weighted by molar-refractivity contribution is 8.01. The molecule has 0 N–H and O–H groups in total. The second kappa shape index (κ2) is 2.95. The summed E-state index contributed by atoms with van der Waals surface area (Å²) in [4.78, 5) is 4.55. The van der Waals surface area contributed by atoms with Gasteiger partial charge in [-0.3, -0.25) is 4.99 Å². The number of thioether (sulfide) groups is 1. The maximum Gasteiger partial charge on any atom is 0.0980 e. The Hall–Kier alpha value is 0.0200. The average Bonchev–Trinajstić information content (AvgIpc) is 2.13. The van der Waals surface area contributed by atoms with Crippen molar-refractivity contribution in [2.45, 2.75) is 38.3 Å². The fourth-order valence-electron chi connectivity index (χ4n) is 0.950. The van der Waals surface area contributed by atoms with Gasteiger partial charge in [-0.2, -0.15) is 0 Å². The Kier molecular flexibility index (Phi) is 2.40. The van der Waals surface area contributed by atoms with Crippen LogP contribution in [0.1, 0.15) is 27.7 Å². The van der Waals surface area contributed by atoms with E-state index >= 15 is 0 Å². The van der Waals surface area contributed by atoms with E-state index in [1.54, 1.807) is 0 Å². The van der Waals surface area contributed by atoms with Crippen LogP contribution in [0.2, 0.25) is 0 Å². The lowest BCUT2D eigenvalue weighted by Gasteiger charge is -2.10. The number of rotatable bonds is 1. The quantitative estimate of drug-likeness (QED) is 0.570. The summed E-state index contributed by atoms with van der Waals surface area (Å²) < 4.78 is 0. The van der Waals surface area contributed by atoms with Gasteiger partial charge in [0, 0.05) is 11.0 Å². The molecule has 0 aliphatic carbocycles. The minimum absolute atomic E-state index is 0.523. The van der Waals surface area contributed by atoms with Gasteiger partial charge in [0.15, 0.2) is 0 Å². The van der Waals surface area contributed by atoms with Crippen LogP contribution in [0.15, 0.2) is 4.99 Å². The Bertz CT molecular complexity index is 151. The predicted molar refractivity (Wildman–Crippen MR) is 48.8 cm³/mol. The largest absolute Gasteiger partial charge is 0.279 e. The SMILES string of the molecule is CC1=N[C@H](C(C)C)S[C@H]1C. The maximum atomic E-state index is 4.55. The standard InChI is InChI=1S/C8H15NS/c1-5(2)8-9-6(3)7(4)10-8/h5,7-8H,1-4H3/t7-,8-/m0/s1. The summed E-state index contributed by atoms with van der Waals surface area (Å²) in [5.41, 5.74) is 1.31. The normalized spacial score (nSPS) is 33.1. The molecular weight excluding hydrogens is 142 g/mol. The summed E-state index contributed by atoms with van der Waals surface area (Å²) in [6.45, 7) is 8.81. The van der Waals surface area contributed by atoms with Crippen LogP contribution in [0, 0.1) is 5.92 Å². The van der Waals surface area contributed by atoms with Crippen LogP contribution >= 0.6 is 11.8 Å². The number of aliphatic imine (C=N–C) groups is 1. The highest BCUT2D eigenvalue weighted by atomic mass is 32.2. The second-order valence-electron chi connectivity index (χ2n) is 3.18. The van der Waals surface area contributed by atoms with Gasteiger partial charge >= 0.3 is 0 Å². The van der Waals surface area contributed by atoms with Gasteiger partial charge in [-0.25, -0.2) is 0 Å². The summed E-state index contributed by atoms with van der Waals surface area (Å²) >= 11 is 1.98. The van der Waals surface area contributed by atoms with E-state index in [1.165, 1.54) is 5.71 Å². The molecule has 0 spiro atoms. The van der Waals surface area contributed by atoms with E-state index in [-0.39, 0.29) is 0 Å². The molecule has 2 atom stereocenters. The Morgan fingerprint density at radius 3 is 2.30 bits per heavy atom. The van der Waals surface area contributed by atoms with Crippen molar-refractivity contribution in [3.05, 3.63) is 0 Å². The topological polar surface area (TPSA) is 12.4 Å². The van der Waals surface area contributed by atoms with Crippen LogP contribution in [-0.2, 0) is 0 Å². The molecule has 1 aliphatic rings. The molecule has 1 heterocycles. The molecule has 1 rings (SSSR count). The lowest BCUT2D eigenvalue weighted by Crippen LogP contribution is -2.05. The van der Waals surface area contributed by atoms with E-state index in [0.29, 0.717) is 16.5 Å². The van der Waals surface area contributed by atoms with Crippen molar-refractivity contribution in [2.24, 2.45) is 10.9 Å². The molecule has 10 heavy (non-hydrogen) atoms. The first kappa shape index (κ1) is 8.12. The third-order valence-electron chi connectivity index (χ3n) is 1.83.